The molecule has 1 aliphatic heterocycles. The SMILES string of the molecule is COc1ccc(C(c2cccc(F)c2)N2CCCCC2C(=O)O)cc1OC. The first-order chi connectivity index (χ1) is 13.0. The summed E-state index contributed by atoms with van der Waals surface area (Å²) in [6.45, 7) is 0.631. The zero-order chi connectivity index (χ0) is 19.4. The number of carboxylic acid groups (broad SMARTS) is 1. The minimum absolute atomic E-state index is 0.345. The predicted molar refractivity (Wildman–Crippen MR) is 99.8 cm³/mol. The number of hydrogen-bond acceptors (Lipinski definition) is 4. The van der Waals surface area contributed by atoms with E-state index in [1.165, 1.54) is 12.1 Å². The molecule has 0 aromatic heterocycles. The summed E-state index contributed by atoms with van der Waals surface area (Å²) in [6, 6.07) is 10.8. The predicted octanol–water partition coefficient (Wildman–Crippen LogP) is 3.87. The van der Waals surface area contributed by atoms with E-state index in [9.17, 15) is 14.3 Å². The van der Waals surface area contributed by atoms with Gasteiger partial charge in [0.1, 0.15) is 11.9 Å². The zero-order valence-electron chi connectivity index (χ0n) is 15.5. The quantitative estimate of drug-likeness (QED) is 0.833. The van der Waals surface area contributed by atoms with Gasteiger partial charge in [-0.1, -0.05) is 24.6 Å². The summed E-state index contributed by atoms with van der Waals surface area (Å²) in [5, 5.41) is 9.73. The summed E-state index contributed by atoms with van der Waals surface area (Å²) in [5.41, 5.74) is 1.56. The molecule has 1 saturated heterocycles. The molecule has 144 valence electrons. The van der Waals surface area contributed by atoms with E-state index in [-0.39, 0.29) is 11.9 Å². The molecule has 27 heavy (non-hydrogen) atoms. The van der Waals surface area contributed by atoms with Crippen LogP contribution in [0.15, 0.2) is 42.5 Å². The van der Waals surface area contributed by atoms with Gasteiger partial charge in [-0.3, -0.25) is 9.69 Å². The zero-order valence-corrected chi connectivity index (χ0v) is 15.5. The lowest BCUT2D eigenvalue weighted by Crippen LogP contribution is -2.46. The Kier molecular flexibility index (Phi) is 5.96. The molecule has 0 radical (unpaired) electrons. The second kappa shape index (κ2) is 8.39. The van der Waals surface area contributed by atoms with Crippen molar-refractivity contribution in [1.82, 2.24) is 4.90 Å². The molecular formula is C21H24FNO4. The molecule has 0 aliphatic carbocycles. The average Bonchev–Trinajstić information content (AvgIpc) is 2.68. The highest BCUT2D eigenvalue weighted by atomic mass is 19.1. The maximum atomic E-state index is 14.0. The van der Waals surface area contributed by atoms with E-state index < -0.39 is 12.0 Å². The van der Waals surface area contributed by atoms with Crippen LogP contribution in [-0.2, 0) is 4.79 Å². The second-order valence-electron chi connectivity index (χ2n) is 6.66. The van der Waals surface area contributed by atoms with Crippen LogP contribution in [0, 0.1) is 5.82 Å². The number of piperidine rings is 1. The van der Waals surface area contributed by atoms with Crippen molar-refractivity contribution in [2.45, 2.75) is 31.3 Å². The van der Waals surface area contributed by atoms with Crippen molar-refractivity contribution in [3.05, 3.63) is 59.4 Å². The van der Waals surface area contributed by atoms with Crippen molar-refractivity contribution in [3.63, 3.8) is 0 Å². The molecule has 6 heteroatoms. The van der Waals surface area contributed by atoms with Crippen LogP contribution in [0.1, 0.15) is 36.4 Å². The lowest BCUT2D eigenvalue weighted by atomic mass is 9.91. The largest absolute Gasteiger partial charge is 0.493 e. The molecule has 1 N–H and O–H groups in total. The number of aliphatic carboxylic acids is 1. The molecule has 2 unspecified atom stereocenters. The van der Waals surface area contributed by atoms with Crippen LogP contribution in [0.25, 0.3) is 0 Å². The van der Waals surface area contributed by atoms with Crippen LogP contribution in [0.2, 0.25) is 0 Å². The normalized spacial score (nSPS) is 18.7. The van der Waals surface area contributed by atoms with Gasteiger partial charge in [-0.15, -0.1) is 0 Å². The fourth-order valence-electron chi connectivity index (χ4n) is 3.80. The van der Waals surface area contributed by atoms with E-state index in [4.69, 9.17) is 9.47 Å². The lowest BCUT2D eigenvalue weighted by molar-refractivity contribution is -0.145. The molecular weight excluding hydrogens is 349 g/mol. The summed E-state index contributed by atoms with van der Waals surface area (Å²) in [6.07, 6.45) is 2.35. The second-order valence-corrected chi connectivity index (χ2v) is 6.66. The van der Waals surface area contributed by atoms with E-state index in [0.717, 1.165) is 24.0 Å². The fraction of sp³-hybridized carbons (Fsp3) is 0.381. The van der Waals surface area contributed by atoms with Gasteiger partial charge >= 0.3 is 5.97 Å². The molecule has 5 nitrogen and oxygen atoms in total. The summed E-state index contributed by atoms with van der Waals surface area (Å²) in [4.78, 5) is 13.8. The Morgan fingerprint density at radius 3 is 2.52 bits per heavy atom. The molecule has 0 amide bonds. The number of carbonyl (C=O) groups is 1. The standard InChI is InChI=1S/C21H24FNO4/c1-26-18-10-9-15(13-19(18)27-2)20(14-6-5-7-16(22)12-14)23-11-4-3-8-17(23)21(24)25/h5-7,9-10,12-13,17,20H,3-4,8,11H2,1-2H3,(H,24,25). The summed E-state index contributed by atoms with van der Waals surface area (Å²) < 4.78 is 24.7. The average molecular weight is 373 g/mol. The van der Waals surface area contributed by atoms with Gasteiger partial charge < -0.3 is 14.6 Å². The number of benzene rings is 2. The number of likely N-dealkylation sites (tertiary alicyclic amines) is 1. The van der Waals surface area contributed by atoms with Gasteiger partial charge in [-0.2, -0.15) is 0 Å². The topological polar surface area (TPSA) is 59.0 Å². The number of hydrogen-bond donors (Lipinski definition) is 1. The van der Waals surface area contributed by atoms with Crippen LogP contribution in [0.4, 0.5) is 4.39 Å². The Hall–Kier alpha value is -2.60. The Bertz CT molecular complexity index is 811. The monoisotopic (exact) mass is 373 g/mol. The summed E-state index contributed by atoms with van der Waals surface area (Å²) in [7, 11) is 3.12. The highest BCUT2D eigenvalue weighted by molar-refractivity contribution is 5.73. The molecule has 2 aromatic rings. The first kappa shape index (κ1) is 19.2. The number of nitrogens with zero attached hydrogens (tertiary/aromatic N) is 1. The lowest BCUT2D eigenvalue weighted by Gasteiger charge is -2.39. The van der Waals surface area contributed by atoms with Crippen molar-refractivity contribution in [3.8, 4) is 11.5 Å². The number of halogens is 1. The van der Waals surface area contributed by atoms with Gasteiger partial charge in [0.2, 0.25) is 0 Å². The van der Waals surface area contributed by atoms with Crippen LogP contribution in [0.5, 0.6) is 11.5 Å². The van der Waals surface area contributed by atoms with Crippen molar-refractivity contribution < 1.29 is 23.8 Å². The molecule has 1 aliphatic rings. The Morgan fingerprint density at radius 2 is 1.85 bits per heavy atom. The smallest absolute Gasteiger partial charge is 0.320 e. The summed E-state index contributed by atoms with van der Waals surface area (Å²) in [5.74, 6) is -0.0496. The number of methoxy groups -OCH3 is 2. The molecule has 1 fully saturated rings. The van der Waals surface area contributed by atoms with Gasteiger partial charge in [-0.05, 0) is 54.8 Å². The van der Waals surface area contributed by atoms with Crippen LogP contribution in [-0.4, -0.2) is 42.8 Å². The van der Waals surface area contributed by atoms with Gasteiger partial charge in [0.05, 0.1) is 20.3 Å². The minimum atomic E-state index is -0.850. The number of carboxylic acids is 1. The summed E-state index contributed by atoms with van der Waals surface area (Å²) >= 11 is 0. The molecule has 1 heterocycles. The maximum absolute atomic E-state index is 14.0. The first-order valence-corrected chi connectivity index (χ1v) is 9.01. The molecule has 0 saturated carbocycles. The van der Waals surface area contributed by atoms with Crippen LogP contribution < -0.4 is 9.47 Å². The highest BCUT2D eigenvalue weighted by Gasteiger charge is 2.35. The number of rotatable bonds is 6. The van der Waals surface area contributed by atoms with Crippen LogP contribution >= 0.6 is 0 Å². The molecule has 3 rings (SSSR count). The highest BCUT2D eigenvalue weighted by Crippen LogP contribution is 2.38. The minimum Gasteiger partial charge on any atom is -0.493 e. The van der Waals surface area contributed by atoms with Crippen molar-refractivity contribution in [2.24, 2.45) is 0 Å². The molecule has 0 spiro atoms. The molecule has 2 aromatic carbocycles. The Labute approximate surface area is 158 Å². The van der Waals surface area contributed by atoms with Crippen molar-refractivity contribution in [2.75, 3.05) is 20.8 Å². The van der Waals surface area contributed by atoms with Crippen LogP contribution in [0.3, 0.4) is 0 Å². The van der Waals surface area contributed by atoms with Gasteiger partial charge in [-0.25, -0.2) is 4.39 Å². The fourth-order valence-corrected chi connectivity index (χ4v) is 3.80. The Balaban J connectivity index is 2.11. The first-order valence-electron chi connectivity index (χ1n) is 9.01. The van der Waals surface area contributed by atoms with Gasteiger partial charge in [0.15, 0.2) is 11.5 Å². The maximum Gasteiger partial charge on any atom is 0.320 e. The van der Waals surface area contributed by atoms with E-state index in [1.54, 1.807) is 26.4 Å². The number of ether oxygens (including phenoxy) is 2. The molecule has 0 bridgehead atoms. The van der Waals surface area contributed by atoms with E-state index in [0.29, 0.717) is 24.5 Å². The molecule has 2 atom stereocenters. The van der Waals surface area contributed by atoms with E-state index >= 15 is 0 Å². The van der Waals surface area contributed by atoms with Crippen molar-refractivity contribution in [1.29, 1.82) is 0 Å². The van der Waals surface area contributed by atoms with Gasteiger partial charge in [0, 0.05) is 0 Å². The Morgan fingerprint density at radius 1 is 1.11 bits per heavy atom. The van der Waals surface area contributed by atoms with E-state index in [2.05, 4.69) is 0 Å². The third-order valence-electron chi connectivity index (χ3n) is 5.05. The third-order valence-corrected chi connectivity index (χ3v) is 5.05. The van der Waals surface area contributed by atoms with E-state index in [1.807, 2.05) is 23.1 Å². The third kappa shape index (κ3) is 4.06. The van der Waals surface area contributed by atoms with Gasteiger partial charge in [0.25, 0.3) is 0 Å². The van der Waals surface area contributed by atoms with Crippen molar-refractivity contribution >= 4 is 5.97 Å².